The molecule has 528 valence electrons. The molecule has 0 aromatic heterocycles. The van der Waals surface area contributed by atoms with Gasteiger partial charge in [-0.1, -0.05) is 293 Å². The predicted octanol–water partition coefficient (Wildman–Crippen LogP) is 19.7. The van der Waals surface area contributed by atoms with Gasteiger partial charge in [0.05, 0.1) is 26.4 Å². The Bertz CT molecular complexity index is 1770. The van der Waals surface area contributed by atoms with Gasteiger partial charge in [0.1, 0.15) is 19.3 Å². The smallest absolute Gasteiger partial charge is 0.462 e. The molecule has 17 nitrogen and oxygen atoms in total. The zero-order valence-electron chi connectivity index (χ0n) is 58.1. The molecule has 19 heteroatoms. The van der Waals surface area contributed by atoms with E-state index in [0.29, 0.717) is 25.7 Å². The lowest BCUT2D eigenvalue weighted by molar-refractivity contribution is -0.161. The highest BCUT2D eigenvalue weighted by atomic mass is 31.2. The highest BCUT2D eigenvalue weighted by Crippen LogP contribution is 2.45. The van der Waals surface area contributed by atoms with E-state index in [9.17, 15) is 43.2 Å². The van der Waals surface area contributed by atoms with Gasteiger partial charge in [-0.05, 0) is 49.4 Å². The Morgan fingerprint density at radius 3 is 0.798 bits per heavy atom. The van der Waals surface area contributed by atoms with Crippen LogP contribution in [0.2, 0.25) is 0 Å². The third kappa shape index (κ3) is 63.2. The highest BCUT2D eigenvalue weighted by molar-refractivity contribution is 7.47. The molecule has 0 bridgehead atoms. The van der Waals surface area contributed by atoms with Crippen molar-refractivity contribution in [1.29, 1.82) is 0 Å². The molecule has 6 atom stereocenters. The number of rotatable bonds is 67. The number of carbonyl (C=O) groups excluding carboxylic acids is 4. The summed E-state index contributed by atoms with van der Waals surface area (Å²) < 4.78 is 68.3. The predicted molar refractivity (Wildman–Crippen MR) is 358 cm³/mol. The number of ether oxygens (including phenoxy) is 4. The van der Waals surface area contributed by atoms with Gasteiger partial charge < -0.3 is 33.8 Å². The molecule has 0 aliphatic carbocycles. The van der Waals surface area contributed by atoms with Crippen LogP contribution in [0.25, 0.3) is 0 Å². The number of phosphoric ester groups is 2. The highest BCUT2D eigenvalue weighted by Gasteiger charge is 2.30. The van der Waals surface area contributed by atoms with Crippen molar-refractivity contribution in [3.63, 3.8) is 0 Å². The van der Waals surface area contributed by atoms with Crippen LogP contribution < -0.4 is 0 Å². The average Bonchev–Trinajstić information content (AvgIpc) is 3.70. The minimum atomic E-state index is -4.95. The third-order valence-electron chi connectivity index (χ3n) is 16.4. The van der Waals surface area contributed by atoms with Crippen LogP contribution in [0.15, 0.2) is 0 Å². The third-order valence-corrected chi connectivity index (χ3v) is 18.3. The summed E-state index contributed by atoms with van der Waals surface area (Å²) in [6.07, 6.45) is 41.6. The summed E-state index contributed by atoms with van der Waals surface area (Å²) in [5.74, 6) is 0.879. The van der Waals surface area contributed by atoms with E-state index in [1.807, 2.05) is 0 Å². The molecule has 0 heterocycles. The maximum Gasteiger partial charge on any atom is 0.472 e. The van der Waals surface area contributed by atoms with Gasteiger partial charge in [-0.25, -0.2) is 9.13 Å². The van der Waals surface area contributed by atoms with Crippen molar-refractivity contribution in [2.75, 3.05) is 39.6 Å². The normalized spacial score (nSPS) is 14.6. The van der Waals surface area contributed by atoms with Crippen molar-refractivity contribution >= 4 is 39.5 Å². The largest absolute Gasteiger partial charge is 0.472 e. The Kier molecular flexibility index (Phi) is 58.5. The molecular weight excluding hydrogens is 1170 g/mol. The number of hydrogen-bond acceptors (Lipinski definition) is 15. The summed E-state index contributed by atoms with van der Waals surface area (Å²) in [7, 11) is -9.90. The van der Waals surface area contributed by atoms with E-state index in [-0.39, 0.29) is 25.7 Å². The van der Waals surface area contributed by atoms with E-state index in [2.05, 4.69) is 55.4 Å². The second-order valence-electron chi connectivity index (χ2n) is 26.9. The number of hydrogen-bond donors (Lipinski definition) is 3. The average molecular weight is 1310 g/mol. The number of carbonyl (C=O) groups is 4. The molecule has 0 radical (unpaired) electrons. The molecule has 0 spiro atoms. The Labute approximate surface area is 543 Å². The van der Waals surface area contributed by atoms with Gasteiger partial charge in [-0.15, -0.1) is 0 Å². The summed E-state index contributed by atoms with van der Waals surface area (Å²) in [6.45, 7) is 14.1. The first-order valence-corrected chi connectivity index (χ1v) is 39.2. The monoisotopic (exact) mass is 1310 g/mol. The van der Waals surface area contributed by atoms with Crippen LogP contribution in [0, 0.1) is 23.7 Å². The van der Waals surface area contributed by atoms with Crippen molar-refractivity contribution in [1.82, 2.24) is 0 Å². The molecule has 0 fully saturated rings. The number of unbranched alkanes of at least 4 members (excludes halogenated alkanes) is 32. The lowest BCUT2D eigenvalue weighted by Gasteiger charge is -2.21. The fourth-order valence-electron chi connectivity index (χ4n) is 10.5. The minimum absolute atomic E-state index is 0.104. The number of esters is 4. The van der Waals surface area contributed by atoms with Crippen molar-refractivity contribution in [3.05, 3.63) is 0 Å². The molecule has 0 aromatic rings. The van der Waals surface area contributed by atoms with Gasteiger partial charge in [-0.2, -0.15) is 0 Å². The zero-order chi connectivity index (χ0) is 66.1. The van der Waals surface area contributed by atoms with Gasteiger partial charge in [0.15, 0.2) is 12.2 Å². The van der Waals surface area contributed by atoms with E-state index in [0.717, 1.165) is 114 Å². The SMILES string of the molecule is CCC(C)CCCCCCCCCCCCC(=O)OC[C@H](COP(=O)(O)OCC(O)COP(=O)(O)OC[C@@H](COC(=O)CCCCCCCCCCC(C)C)OC(=O)CCCCCCCCCCCC(C)C)OC(=O)CCCCCCCCCCCC(C)C. The lowest BCUT2D eigenvalue weighted by atomic mass is 9.99. The number of aliphatic hydroxyl groups is 1. The Hall–Kier alpha value is -1.94. The van der Waals surface area contributed by atoms with Crippen LogP contribution in [0.3, 0.4) is 0 Å². The number of phosphoric acid groups is 2. The molecule has 0 saturated heterocycles. The van der Waals surface area contributed by atoms with Crippen LogP contribution in [0.5, 0.6) is 0 Å². The molecule has 0 saturated carbocycles. The maximum atomic E-state index is 13.0. The number of aliphatic hydroxyl groups excluding tert-OH is 1. The molecule has 0 aliphatic rings. The van der Waals surface area contributed by atoms with Crippen LogP contribution in [0.4, 0.5) is 0 Å². The van der Waals surface area contributed by atoms with Crippen LogP contribution >= 0.6 is 15.6 Å². The molecule has 89 heavy (non-hydrogen) atoms. The Balaban J connectivity index is 5.27. The molecule has 0 rings (SSSR count). The summed E-state index contributed by atoms with van der Waals surface area (Å²) in [4.78, 5) is 72.5. The van der Waals surface area contributed by atoms with E-state index in [1.165, 1.54) is 148 Å². The van der Waals surface area contributed by atoms with Crippen molar-refractivity contribution < 1.29 is 80.2 Å². The van der Waals surface area contributed by atoms with Crippen LogP contribution in [-0.2, 0) is 65.4 Å². The second kappa shape index (κ2) is 59.8. The molecular formula is C70H136O17P2. The topological polar surface area (TPSA) is 237 Å². The van der Waals surface area contributed by atoms with Gasteiger partial charge in [0.25, 0.3) is 0 Å². The fourth-order valence-corrected chi connectivity index (χ4v) is 12.0. The summed E-state index contributed by atoms with van der Waals surface area (Å²) in [6, 6.07) is 0. The zero-order valence-corrected chi connectivity index (χ0v) is 59.8. The van der Waals surface area contributed by atoms with Crippen LogP contribution in [0.1, 0.15) is 344 Å². The standard InChI is InChI=1S/C70H136O17P2/c1-9-63(8)49-41-33-25-16-10-11-17-26-34-42-50-67(72)80-56-65(86-69(74)52-44-36-28-18-12-14-22-30-38-46-60(2)3)58-84-88(76,77)82-54-64(71)55-83-89(78,79)85-59-66(57-81-68(73)51-43-35-27-21-20-24-32-40-48-62(6)7)87-70(75)53-45-37-29-19-13-15-23-31-39-47-61(4)5/h60-66,71H,9-59H2,1-8H3,(H,76,77)(H,78,79)/t63?,64?,65-,66-/m1/s1. The lowest BCUT2D eigenvalue weighted by Crippen LogP contribution is -2.30. The Morgan fingerprint density at radius 1 is 0.315 bits per heavy atom. The maximum absolute atomic E-state index is 13.0. The van der Waals surface area contributed by atoms with E-state index in [4.69, 9.17) is 37.0 Å². The minimum Gasteiger partial charge on any atom is -0.462 e. The first kappa shape index (κ1) is 87.1. The van der Waals surface area contributed by atoms with E-state index in [1.54, 1.807) is 0 Å². The second-order valence-corrected chi connectivity index (χ2v) is 29.8. The molecule has 0 aromatic carbocycles. The van der Waals surface area contributed by atoms with Crippen LogP contribution in [-0.4, -0.2) is 96.7 Å². The van der Waals surface area contributed by atoms with E-state index < -0.39 is 97.5 Å². The van der Waals surface area contributed by atoms with Gasteiger partial charge in [0.2, 0.25) is 0 Å². The van der Waals surface area contributed by atoms with Crippen molar-refractivity contribution in [2.45, 2.75) is 363 Å². The van der Waals surface area contributed by atoms with Gasteiger partial charge >= 0.3 is 39.5 Å². The van der Waals surface area contributed by atoms with Gasteiger partial charge in [-0.3, -0.25) is 37.3 Å². The van der Waals surface area contributed by atoms with Crippen molar-refractivity contribution in [2.24, 2.45) is 23.7 Å². The van der Waals surface area contributed by atoms with E-state index >= 15 is 0 Å². The fraction of sp³-hybridized carbons (Fsp3) is 0.943. The molecule has 4 unspecified atom stereocenters. The first-order valence-electron chi connectivity index (χ1n) is 36.2. The first-order chi connectivity index (χ1) is 42.6. The molecule has 3 N–H and O–H groups in total. The van der Waals surface area contributed by atoms with Gasteiger partial charge in [0, 0.05) is 25.7 Å². The quantitative estimate of drug-likeness (QED) is 0.0222. The Morgan fingerprint density at radius 2 is 0.539 bits per heavy atom. The van der Waals surface area contributed by atoms with Crippen molar-refractivity contribution in [3.8, 4) is 0 Å². The summed E-state index contributed by atoms with van der Waals surface area (Å²) in [5, 5.41) is 10.6. The summed E-state index contributed by atoms with van der Waals surface area (Å²) in [5.41, 5.74) is 0. The molecule has 0 amide bonds. The summed E-state index contributed by atoms with van der Waals surface area (Å²) >= 11 is 0. The molecule has 0 aliphatic heterocycles.